The van der Waals surface area contributed by atoms with Gasteiger partial charge in [-0.3, -0.25) is 9.78 Å². The fraction of sp³-hybridized carbons (Fsp3) is 0.310. The molecule has 0 saturated heterocycles. The van der Waals surface area contributed by atoms with Crippen molar-refractivity contribution in [2.75, 3.05) is 14.2 Å². The van der Waals surface area contributed by atoms with E-state index in [2.05, 4.69) is 15.6 Å². The lowest BCUT2D eigenvalue weighted by molar-refractivity contribution is -0.154. The van der Waals surface area contributed by atoms with Gasteiger partial charge in [0, 0.05) is 16.6 Å². The van der Waals surface area contributed by atoms with Crippen molar-refractivity contribution in [3.05, 3.63) is 65.4 Å². The molecule has 2 heterocycles. The zero-order valence-electron chi connectivity index (χ0n) is 21.8. The number of carbonyl (C=O) groups excluding carboxylic acids is 2. The normalized spacial score (nSPS) is 14.0. The third-order valence-electron chi connectivity index (χ3n) is 6.97. The van der Waals surface area contributed by atoms with Gasteiger partial charge in [-0.05, 0) is 55.3 Å². The van der Waals surface area contributed by atoms with Crippen LogP contribution < -0.4 is 15.0 Å². The minimum atomic E-state index is -0.646. The number of rotatable bonds is 6. The first kappa shape index (κ1) is 26.5. The number of methoxy groups -OCH3 is 2. The van der Waals surface area contributed by atoms with E-state index in [9.17, 15) is 9.59 Å². The number of benzene rings is 2. The Hall–Kier alpha value is -4.11. The highest BCUT2D eigenvalue weighted by atomic mass is 35.5. The second kappa shape index (κ2) is 11.7. The Kier molecular flexibility index (Phi) is 7.97. The van der Waals surface area contributed by atoms with Crippen LogP contribution in [-0.4, -0.2) is 40.9 Å². The molecule has 2 aromatic heterocycles. The number of hydrogen-bond acceptors (Lipinski definition) is 7. The lowest BCUT2D eigenvalue weighted by atomic mass is 10.0. The van der Waals surface area contributed by atoms with Crippen LogP contribution in [0.15, 0.2) is 54.7 Å². The van der Waals surface area contributed by atoms with Gasteiger partial charge in [0.15, 0.2) is 5.69 Å². The Bertz CT molecular complexity index is 1490. The molecule has 5 rings (SSSR count). The molecule has 0 spiro atoms. The number of amides is 1. The average Bonchev–Trinajstić information content (AvgIpc) is 3.21. The van der Waals surface area contributed by atoms with Crippen molar-refractivity contribution in [3.63, 3.8) is 0 Å². The van der Waals surface area contributed by atoms with Gasteiger partial charge in [0.2, 0.25) is 0 Å². The van der Waals surface area contributed by atoms with E-state index in [0.717, 1.165) is 43.9 Å². The van der Waals surface area contributed by atoms with Crippen LogP contribution in [-0.2, 0) is 9.63 Å². The van der Waals surface area contributed by atoms with Crippen molar-refractivity contribution < 1.29 is 23.9 Å². The van der Waals surface area contributed by atoms with Crippen LogP contribution in [0.1, 0.15) is 49.0 Å². The van der Waals surface area contributed by atoms with E-state index in [1.165, 1.54) is 0 Å². The van der Waals surface area contributed by atoms with Crippen molar-refractivity contribution in [1.29, 1.82) is 0 Å². The fourth-order valence-electron chi connectivity index (χ4n) is 5.00. The summed E-state index contributed by atoms with van der Waals surface area (Å²) in [5, 5.41) is 5.95. The van der Waals surface area contributed by atoms with Crippen molar-refractivity contribution in [2.45, 2.75) is 38.5 Å². The third-order valence-corrected chi connectivity index (χ3v) is 7.20. The van der Waals surface area contributed by atoms with E-state index < -0.39 is 11.9 Å². The summed E-state index contributed by atoms with van der Waals surface area (Å²) in [5.74, 6) is -0.221. The van der Waals surface area contributed by atoms with Crippen LogP contribution in [0.5, 0.6) is 11.5 Å². The summed E-state index contributed by atoms with van der Waals surface area (Å²) < 4.78 is 12.9. The molecular weight excluding hydrogens is 520 g/mol. The van der Waals surface area contributed by atoms with Gasteiger partial charge in [0.05, 0.1) is 42.6 Å². The van der Waals surface area contributed by atoms with Gasteiger partial charge in [0.1, 0.15) is 11.5 Å². The summed E-state index contributed by atoms with van der Waals surface area (Å²) in [6.07, 6.45) is 7.35. The summed E-state index contributed by atoms with van der Waals surface area (Å²) in [7, 11) is 3.12. The van der Waals surface area contributed by atoms with Crippen LogP contribution in [0.2, 0.25) is 5.02 Å². The predicted octanol–water partition coefficient (Wildman–Crippen LogP) is 5.92. The SMILES string of the molecule is COc1cccc(OC)c1-c1cc(C(=O)NOC(=O)C2CCCCCC2)nn1-c1ccnc2cc(Cl)ccc12. The monoisotopic (exact) mass is 548 g/mol. The summed E-state index contributed by atoms with van der Waals surface area (Å²) in [5.41, 5.74) is 4.81. The van der Waals surface area contributed by atoms with Crippen LogP contribution in [0.4, 0.5) is 0 Å². The molecule has 1 aliphatic carbocycles. The minimum Gasteiger partial charge on any atom is -0.496 e. The standard InChI is InChI=1S/C29H29ClN4O5/c1-37-25-10-7-11-26(38-2)27(25)24-17-22(28(35)33-39-29(36)18-8-5-3-4-6-9-18)32-34(24)23-14-15-31-21-16-19(30)12-13-20(21)23/h7,10-18H,3-6,8-9H2,1-2H3,(H,33,35). The Morgan fingerprint density at radius 1 is 0.974 bits per heavy atom. The molecule has 1 saturated carbocycles. The first-order chi connectivity index (χ1) is 19.0. The molecule has 10 heteroatoms. The molecule has 1 fully saturated rings. The molecule has 2 aromatic carbocycles. The minimum absolute atomic E-state index is 0.0468. The van der Waals surface area contributed by atoms with E-state index in [1.807, 2.05) is 12.1 Å². The van der Waals surface area contributed by atoms with Crippen molar-refractivity contribution in [3.8, 4) is 28.4 Å². The first-order valence-corrected chi connectivity index (χ1v) is 13.2. The molecular formula is C29H29ClN4O5. The van der Waals surface area contributed by atoms with E-state index in [4.69, 9.17) is 25.9 Å². The van der Waals surface area contributed by atoms with Gasteiger partial charge in [-0.15, -0.1) is 0 Å². The number of nitrogens with zero attached hydrogens (tertiary/aromatic N) is 3. The second-order valence-corrected chi connectivity index (χ2v) is 9.83. The van der Waals surface area contributed by atoms with Gasteiger partial charge in [-0.25, -0.2) is 9.48 Å². The van der Waals surface area contributed by atoms with Gasteiger partial charge in [-0.1, -0.05) is 43.4 Å². The number of aromatic nitrogens is 3. The lowest BCUT2D eigenvalue weighted by Crippen LogP contribution is -2.30. The number of pyridine rings is 1. The Morgan fingerprint density at radius 2 is 1.69 bits per heavy atom. The molecule has 1 N–H and O–H groups in total. The number of carbonyl (C=O) groups is 2. The molecule has 0 bridgehead atoms. The zero-order valence-corrected chi connectivity index (χ0v) is 22.5. The Balaban J connectivity index is 1.56. The number of halogens is 1. The van der Waals surface area contributed by atoms with E-state index in [1.54, 1.807) is 61.5 Å². The van der Waals surface area contributed by atoms with Crippen LogP contribution in [0, 0.1) is 5.92 Å². The summed E-state index contributed by atoms with van der Waals surface area (Å²) in [6, 6.07) is 14.2. The largest absolute Gasteiger partial charge is 0.496 e. The maximum atomic E-state index is 13.2. The molecule has 0 atom stereocenters. The van der Waals surface area contributed by atoms with Gasteiger partial charge in [-0.2, -0.15) is 10.6 Å². The van der Waals surface area contributed by atoms with Gasteiger partial charge >= 0.3 is 11.9 Å². The third kappa shape index (κ3) is 5.54. The number of hydroxylamine groups is 1. The predicted molar refractivity (Wildman–Crippen MR) is 147 cm³/mol. The summed E-state index contributed by atoms with van der Waals surface area (Å²) >= 11 is 6.20. The number of hydrogen-bond donors (Lipinski definition) is 1. The van der Waals surface area contributed by atoms with Crippen LogP contribution in [0.3, 0.4) is 0 Å². The Labute approximate surface area is 231 Å². The van der Waals surface area contributed by atoms with Crippen molar-refractivity contribution in [1.82, 2.24) is 20.2 Å². The van der Waals surface area contributed by atoms with Crippen LogP contribution >= 0.6 is 11.6 Å². The van der Waals surface area contributed by atoms with Crippen LogP contribution in [0.25, 0.3) is 27.8 Å². The highest BCUT2D eigenvalue weighted by molar-refractivity contribution is 6.31. The molecule has 9 nitrogen and oxygen atoms in total. The molecule has 0 unspecified atom stereocenters. The molecule has 39 heavy (non-hydrogen) atoms. The van der Waals surface area contributed by atoms with E-state index in [-0.39, 0.29) is 11.6 Å². The quantitative estimate of drug-likeness (QED) is 0.236. The molecule has 0 radical (unpaired) electrons. The molecule has 1 aliphatic rings. The zero-order chi connectivity index (χ0) is 27.4. The summed E-state index contributed by atoms with van der Waals surface area (Å²) in [4.78, 5) is 35.5. The second-order valence-electron chi connectivity index (χ2n) is 9.40. The van der Waals surface area contributed by atoms with Crippen molar-refractivity contribution in [2.24, 2.45) is 5.92 Å². The highest BCUT2D eigenvalue weighted by Crippen LogP contribution is 2.40. The highest BCUT2D eigenvalue weighted by Gasteiger charge is 2.26. The van der Waals surface area contributed by atoms with Gasteiger partial charge < -0.3 is 14.3 Å². The Morgan fingerprint density at radius 3 is 2.38 bits per heavy atom. The fourth-order valence-corrected chi connectivity index (χ4v) is 5.16. The van der Waals surface area contributed by atoms with Gasteiger partial charge in [0.25, 0.3) is 0 Å². The van der Waals surface area contributed by atoms with E-state index >= 15 is 0 Å². The molecule has 1 amide bonds. The van der Waals surface area contributed by atoms with Crippen molar-refractivity contribution >= 4 is 34.4 Å². The smallest absolute Gasteiger partial charge is 0.335 e. The summed E-state index contributed by atoms with van der Waals surface area (Å²) in [6.45, 7) is 0. The topological polar surface area (TPSA) is 105 Å². The molecule has 4 aromatic rings. The number of fused-ring (bicyclic) bond motifs is 1. The molecule has 0 aliphatic heterocycles. The number of ether oxygens (including phenoxy) is 2. The van der Waals surface area contributed by atoms with E-state index in [0.29, 0.717) is 39.0 Å². The molecule has 202 valence electrons. The average molecular weight is 549 g/mol. The lowest BCUT2D eigenvalue weighted by Gasteiger charge is -2.15. The maximum absolute atomic E-state index is 13.2. The number of nitrogens with one attached hydrogen (secondary N) is 1. The maximum Gasteiger partial charge on any atom is 0.335 e. The first-order valence-electron chi connectivity index (χ1n) is 12.9.